The number of alkyl halides is 1. The normalized spacial score (nSPS) is 16.1. The first-order valence-corrected chi connectivity index (χ1v) is 5.41. The first-order valence-electron chi connectivity index (χ1n) is 5.41. The van der Waals surface area contributed by atoms with E-state index in [1.807, 2.05) is 13.8 Å². The fraction of sp³-hybridized carbons (Fsp3) is 0.692. The van der Waals surface area contributed by atoms with E-state index in [1.165, 1.54) is 0 Å². The van der Waals surface area contributed by atoms with Crippen molar-refractivity contribution in [3.05, 3.63) is 11.1 Å². The van der Waals surface area contributed by atoms with Gasteiger partial charge in [0.15, 0.2) is 0 Å². The molecule has 0 saturated heterocycles. The highest BCUT2D eigenvalue weighted by molar-refractivity contribution is 5.27. The third-order valence-corrected chi connectivity index (χ3v) is 2.63. The molecule has 0 aromatic rings. The Hall–Kier alpha value is -0.810. The van der Waals surface area contributed by atoms with E-state index in [1.54, 1.807) is 20.9 Å². The molecular weight excluding hydrogens is 189 g/mol. The lowest BCUT2D eigenvalue weighted by Crippen LogP contribution is -2.34. The largest absolute Gasteiger partial charge is 0.316 e. The second-order valence-electron chi connectivity index (χ2n) is 3.94. The molecule has 1 unspecified atom stereocenters. The van der Waals surface area contributed by atoms with E-state index in [2.05, 4.69) is 17.2 Å². The molecule has 2 heteroatoms. The van der Waals surface area contributed by atoms with Crippen molar-refractivity contribution in [2.24, 2.45) is 0 Å². The number of allylic oxidation sites excluding steroid dienone is 1. The summed E-state index contributed by atoms with van der Waals surface area (Å²) in [6, 6.07) is 0. The van der Waals surface area contributed by atoms with E-state index in [4.69, 9.17) is 0 Å². The Morgan fingerprint density at radius 3 is 2.47 bits per heavy atom. The summed E-state index contributed by atoms with van der Waals surface area (Å²) in [5.74, 6) is 5.77. The highest BCUT2D eigenvalue weighted by atomic mass is 19.1. The lowest BCUT2D eigenvalue weighted by atomic mass is 9.90. The molecule has 0 rings (SSSR count). The van der Waals surface area contributed by atoms with Crippen LogP contribution in [0, 0.1) is 11.8 Å². The van der Waals surface area contributed by atoms with Crippen LogP contribution in [0.4, 0.5) is 4.39 Å². The summed E-state index contributed by atoms with van der Waals surface area (Å²) in [5, 5.41) is 2.89. The van der Waals surface area contributed by atoms with Gasteiger partial charge in [-0.05, 0) is 39.8 Å². The Kier molecular flexibility index (Phi) is 6.27. The van der Waals surface area contributed by atoms with Gasteiger partial charge >= 0.3 is 0 Å². The van der Waals surface area contributed by atoms with Crippen LogP contribution in [0.15, 0.2) is 11.1 Å². The van der Waals surface area contributed by atoms with Gasteiger partial charge in [0.25, 0.3) is 0 Å². The summed E-state index contributed by atoms with van der Waals surface area (Å²) in [7, 11) is 1.77. The number of hydrogen-bond donors (Lipinski definition) is 1. The summed E-state index contributed by atoms with van der Waals surface area (Å²) in [6.07, 6.45) is 1.41. The summed E-state index contributed by atoms with van der Waals surface area (Å²) < 4.78 is 14.3. The topological polar surface area (TPSA) is 12.0 Å². The first-order chi connectivity index (χ1) is 6.99. The fourth-order valence-electron chi connectivity index (χ4n) is 1.61. The van der Waals surface area contributed by atoms with Gasteiger partial charge in [0.05, 0.1) is 0 Å². The third-order valence-electron chi connectivity index (χ3n) is 2.63. The van der Waals surface area contributed by atoms with Gasteiger partial charge in [0.1, 0.15) is 5.67 Å². The average Bonchev–Trinajstić information content (AvgIpc) is 2.17. The van der Waals surface area contributed by atoms with Crippen LogP contribution in [-0.4, -0.2) is 19.3 Å². The molecule has 0 radical (unpaired) electrons. The molecule has 15 heavy (non-hydrogen) atoms. The smallest absolute Gasteiger partial charge is 0.142 e. The standard InChI is InChI=1S/C13H22FN/c1-6-8-9-12(11(3)7-2)13(4,14)10-15-5/h15H,7,9-10H2,1-5H3/b12-11-. The molecule has 0 aliphatic rings. The van der Waals surface area contributed by atoms with Crippen molar-refractivity contribution < 1.29 is 4.39 Å². The molecule has 0 fully saturated rings. The first kappa shape index (κ1) is 14.2. The molecule has 0 bridgehead atoms. The van der Waals surface area contributed by atoms with Gasteiger partial charge in [0, 0.05) is 13.0 Å². The molecule has 0 aromatic carbocycles. The summed E-state index contributed by atoms with van der Waals surface area (Å²) >= 11 is 0. The van der Waals surface area contributed by atoms with Gasteiger partial charge in [-0.1, -0.05) is 18.4 Å². The predicted octanol–water partition coefficient (Wildman–Crippen LogP) is 3.07. The highest BCUT2D eigenvalue weighted by Crippen LogP contribution is 2.27. The summed E-state index contributed by atoms with van der Waals surface area (Å²) in [4.78, 5) is 0. The molecule has 1 atom stereocenters. The van der Waals surface area contributed by atoms with Crippen LogP contribution >= 0.6 is 0 Å². The van der Waals surface area contributed by atoms with E-state index in [-0.39, 0.29) is 0 Å². The van der Waals surface area contributed by atoms with Crippen LogP contribution < -0.4 is 5.32 Å². The average molecular weight is 211 g/mol. The zero-order chi connectivity index (χ0) is 11.9. The molecule has 0 aliphatic heterocycles. The van der Waals surface area contributed by atoms with Gasteiger partial charge in [-0.25, -0.2) is 4.39 Å². The Morgan fingerprint density at radius 1 is 1.47 bits per heavy atom. The number of rotatable bonds is 5. The van der Waals surface area contributed by atoms with Crippen LogP contribution in [0.1, 0.15) is 40.5 Å². The summed E-state index contributed by atoms with van der Waals surface area (Å²) in [6.45, 7) is 7.78. The highest BCUT2D eigenvalue weighted by Gasteiger charge is 2.28. The number of halogens is 1. The molecule has 1 N–H and O–H groups in total. The van der Waals surface area contributed by atoms with Gasteiger partial charge < -0.3 is 5.32 Å². The van der Waals surface area contributed by atoms with Crippen molar-refractivity contribution in [1.82, 2.24) is 5.32 Å². The monoisotopic (exact) mass is 211 g/mol. The van der Waals surface area contributed by atoms with E-state index in [0.29, 0.717) is 13.0 Å². The van der Waals surface area contributed by atoms with E-state index < -0.39 is 5.67 Å². The number of hydrogen-bond acceptors (Lipinski definition) is 1. The molecule has 86 valence electrons. The molecule has 0 aliphatic carbocycles. The Labute approximate surface area is 93.1 Å². The molecular formula is C13H22FN. The molecule has 0 spiro atoms. The van der Waals surface area contributed by atoms with Crippen LogP contribution in [-0.2, 0) is 0 Å². The number of nitrogens with one attached hydrogen (secondary N) is 1. The minimum atomic E-state index is -1.29. The lowest BCUT2D eigenvalue weighted by molar-refractivity contribution is 0.231. The maximum absolute atomic E-state index is 14.3. The van der Waals surface area contributed by atoms with E-state index in [9.17, 15) is 4.39 Å². The van der Waals surface area contributed by atoms with Crippen LogP contribution in [0.5, 0.6) is 0 Å². The quantitative estimate of drug-likeness (QED) is 0.544. The van der Waals surface area contributed by atoms with Gasteiger partial charge in [-0.2, -0.15) is 0 Å². The summed E-state index contributed by atoms with van der Waals surface area (Å²) in [5.41, 5.74) is 0.644. The lowest BCUT2D eigenvalue weighted by Gasteiger charge is -2.24. The van der Waals surface area contributed by atoms with Crippen LogP contribution in [0.25, 0.3) is 0 Å². The van der Waals surface area contributed by atoms with Crippen LogP contribution in [0.3, 0.4) is 0 Å². The predicted molar refractivity (Wildman–Crippen MR) is 64.5 cm³/mol. The zero-order valence-corrected chi connectivity index (χ0v) is 10.5. The fourth-order valence-corrected chi connectivity index (χ4v) is 1.61. The van der Waals surface area contributed by atoms with E-state index in [0.717, 1.165) is 17.6 Å². The maximum atomic E-state index is 14.3. The van der Waals surface area contributed by atoms with Gasteiger partial charge in [-0.3, -0.25) is 0 Å². The van der Waals surface area contributed by atoms with Crippen molar-refractivity contribution in [2.45, 2.75) is 46.2 Å². The molecule has 0 saturated carbocycles. The Balaban J connectivity index is 4.98. The zero-order valence-electron chi connectivity index (χ0n) is 10.5. The minimum absolute atomic E-state index is 0.338. The van der Waals surface area contributed by atoms with Crippen molar-refractivity contribution in [3.8, 4) is 11.8 Å². The molecule has 0 heterocycles. The Morgan fingerprint density at radius 2 is 2.07 bits per heavy atom. The third kappa shape index (κ3) is 4.48. The minimum Gasteiger partial charge on any atom is -0.316 e. The van der Waals surface area contributed by atoms with Crippen LogP contribution in [0.2, 0.25) is 0 Å². The van der Waals surface area contributed by atoms with Gasteiger partial charge in [0.2, 0.25) is 0 Å². The van der Waals surface area contributed by atoms with Crippen molar-refractivity contribution in [2.75, 3.05) is 13.6 Å². The maximum Gasteiger partial charge on any atom is 0.142 e. The van der Waals surface area contributed by atoms with Crippen molar-refractivity contribution in [1.29, 1.82) is 0 Å². The van der Waals surface area contributed by atoms with E-state index >= 15 is 0 Å². The molecule has 0 amide bonds. The second-order valence-corrected chi connectivity index (χ2v) is 3.94. The molecule has 0 aromatic heterocycles. The van der Waals surface area contributed by atoms with Gasteiger partial charge in [-0.15, -0.1) is 5.92 Å². The van der Waals surface area contributed by atoms with Crippen molar-refractivity contribution >= 4 is 0 Å². The second kappa shape index (κ2) is 6.63. The SMILES string of the molecule is CC#CC/C(=C(\C)CC)C(C)(F)CNC. The van der Waals surface area contributed by atoms with Crippen molar-refractivity contribution in [3.63, 3.8) is 0 Å². The Bertz CT molecular complexity index is 279. The molecule has 1 nitrogen and oxygen atoms in total.